The Balaban J connectivity index is 2.36. The highest BCUT2D eigenvalue weighted by Gasteiger charge is 2.27. The van der Waals surface area contributed by atoms with E-state index in [-0.39, 0.29) is 11.6 Å². The molecule has 0 fully saturated rings. The lowest BCUT2D eigenvalue weighted by atomic mass is 10.1. The normalized spacial score (nSPS) is 18.3. The molecule has 0 radical (unpaired) electrons. The first-order chi connectivity index (χ1) is 7.61. The van der Waals surface area contributed by atoms with Crippen LogP contribution in [-0.2, 0) is 4.79 Å². The molecule has 1 amide bonds. The zero-order chi connectivity index (χ0) is 11.7. The maximum Gasteiger partial charge on any atom is 0.271 e. The second kappa shape index (κ2) is 3.80. The topological polar surface area (TPSA) is 81.5 Å². The summed E-state index contributed by atoms with van der Waals surface area (Å²) >= 11 is 0. The first-order valence-electron chi connectivity index (χ1n) is 4.87. The monoisotopic (exact) mass is 222 g/mol. The van der Waals surface area contributed by atoms with Gasteiger partial charge in [-0.25, -0.2) is 0 Å². The van der Waals surface area contributed by atoms with Crippen LogP contribution in [0.2, 0.25) is 0 Å². The maximum absolute atomic E-state index is 11.5. The van der Waals surface area contributed by atoms with Crippen LogP contribution in [0.4, 0.5) is 11.4 Å². The number of ether oxygens (including phenoxy) is 1. The number of nitrogens with zero attached hydrogens (tertiary/aromatic N) is 1. The Labute approximate surface area is 91.4 Å². The van der Waals surface area contributed by atoms with Crippen molar-refractivity contribution in [2.45, 2.75) is 19.4 Å². The van der Waals surface area contributed by atoms with Crippen LogP contribution in [0.25, 0.3) is 0 Å². The summed E-state index contributed by atoms with van der Waals surface area (Å²) in [4.78, 5) is 21.5. The highest BCUT2D eigenvalue weighted by molar-refractivity contribution is 5.98. The minimum Gasteiger partial charge on any atom is -0.478 e. The Kier molecular flexibility index (Phi) is 2.47. The molecule has 0 aliphatic carbocycles. The standard InChI is InChI=1S/C10H10N2O4/c1-2-8-10(13)11-7-5-6(12(14)15)3-4-9(7)16-8/h3-5,8H,2H2,1H3,(H,11,13). The average Bonchev–Trinajstić information content (AvgIpc) is 2.27. The van der Waals surface area contributed by atoms with E-state index in [2.05, 4.69) is 5.32 Å². The SMILES string of the molecule is CCC1Oc2ccc([N+](=O)[O-])cc2NC1=O. The van der Waals surface area contributed by atoms with Crippen molar-refractivity contribution >= 4 is 17.3 Å². The number of hydrogen-bond acceptors (Lipinski definition) is 4. The third-order valence-electron chi connectivity index (χ3n) is 2.36. The van der Waals surface area contributed by atoms with E-state index >= 15 is 0 Å². The van der Waals surface area contributed by atoms with Gasteiger partial charge in [0.05, 0.1) is 10.6 Å². The fourth-order valence-electron chi connectivity index (χ4n) is 1.52. The number of nitro groups is 1. The van der Waals surface area contributed by atoms with Gasteiger partial charge in [0, 0.05) is 12.1 Å². The Hall–Kier alpha value is -2.11. The van der Waals surface area contributed by atoms with Crippen molar-refractivity contribution in [3.8, 4) is 5.75 Å². The molecule has 84 valence electrons. The van der Waals surface area contributed by atoms with Crippen molar-refractivity contribution < 1.29 is 14.5 Å². The molecule has 1 aliphatic rings. The van der Waals surface area contributed by atoms with Crippen LogP contribution in [0.5, 0.6) is 5.75 Å². The molecular formula is C10H10N2O4. The summed E-state index contributed by atoms with van der Waals surface area (Å²) < 4.78 is 5.39. The van der Waals surface area contributed by atoms with Gasteiger partial charge in [0.25, 0.3) is 11.6 Å². The van der Waals surface area contributed by atoms with Gasteiger partial charge < -0.3 is 10.1 Å². The van der Waals surface area contributed by atoms with Crippen LogP contribution in [0.15, 0.2) is 18.2 Å². The second-order valence-corrected chi connectivity index (χ2v) is 3.44. The number of anilines is 1. The smallest absolute Gasteiger partial charge is 0.271 e. The maximum atomic E-state index is 11.5. The molecule has 0 saturated carbocycles. The van der Waals surface area contributed by atoms with Gasteiger partial charge in [-0.3, -0.25) is 14.9 Å². The van der Waals surface area contributed by atoms with E-state index in [1.807, 2.05) is 6.92 Å². The summed E-state index contributed by atoms with van der Waals surface area (Å²) in [5.74, 6) is 0.201. The van der Waals surface area contributed by atoms with Crippen LogP contribution in [0.1, 0.15) is 13.3 Å². The Morgan fingerprint density at radius 2 is 2.31 bits per heavy atom. The minimum absolute atomic E-state index is 0.0717. The first-order valence-corrected chi connectivity index (χ1v) is 4.87. The Morgan fingerprint density at radius 1 is 1.56 bits per heavy atom. The van der Waals surface area contributed by atoms with Crippen LogP contribution in [-0.4, -0.2) is 16.9 Å². The molecule has 0 bridgehead atoms. The largest absolute Gasteiger partial charge is 0.478 e. The second-order valence-electron chi connectivity index (χ2n) is 3.44. The number of carbonyl (C=O) groups excluding carboxylic acids is 1. The van der Waals surface area contributed by atoms with Crippen molar-refractivity contribution in [3.63, 3.8) is 0 Å². The summed E-state index contributed by atoms with van der Waals surface area (Å²) in [6.07, 6.45) is 0.0383. The summed E-state index contributed by atoms with van der Waals surface area (Å²) in [6.45, 7) is 1.83. The minimum atomic E-state index is -0.519. The highest BCUT2D eigenvalue weighted by atomic mass is 16.6. The molecule has 1 aliphatic heterocycles. The number of hydrogen-bond donors (Lipinski definition) is 1. The van der Waals surface area contributed by atoms with Crippen LogP contribution >= 0.6 is 0 Å². The zero-order valence-corrected chi connectivity index (χ0v) is 8.60. The van der Waals surface area contributed by atoms with Crippen molar-refractivity contribution in [2.75, 3.05) is 5.32 Å². The molecular weight excluding hydrogens is 212 g/mol. The average molecular weight is 222 g/mol. The van der Waals surface area contributed by atoms with E-state index < -0.39 is 11.0 Å². The molecule has 1 unspecified atom stereocenters. The predicted octanol–water partition coefficient (Wildman–Crippen LogP) is 1.70. The van der Waals surface area contributed by atoms with Crippen molar-refractivity contribution in [2.24, 2.45) is 0 Å². The molecule has 2 rings (SSSR count). The molecule has 1 N–H and O–H groups in total. The lowest BCUT2D eigenvalue weighted by Gasteiger charge is -2.24. The van der Waals surface area contributed by atoms with E-state index in [0.717, 1.165) is 0 Å². The van der Waals surface area contributed by atoms with Crippen LogP contribution in [0.3, 0.4) is 0 Å². The number of nitrogens with one attached hydrogen (secondary N) is 1. The summed E-state index contributed by atoms with van der Waals surface area (Å²) in [6, 6.07) is 4.14. The summed E-state index contributed by atoms with van der Waals surface area (Å²) in [7, 11) is 0. The number of carbonyl (C=O) groups is 1. The fraction of sp³-hybridized carbons (Fsp3) is 0.300. The van der Waals surface area contributed by atoms with E-state index in [4.69, 9.17) is 4.74 Å². The van der Waals surface area contributed by atoms with Gasteiger partial charge in [-0.15, -0.1) is 0 Å². The van der Waals surface area contributed by atoms with Gasteiger partial charge in [0.1, 0.15) is 5.75 Å². The molecule has 16 heavy (non-hydrogen) atoms. The Morgan fingerprint density at radius 3 is 2.94 bits per heavy atom. The predicted molar refractivity (Wildman–Crippen MR) is 56.4 cm³/mol. The van der Waals surface area contributed by atoms with Gasteiger partial charge in [0.15, 0.2) is 6.10 Å². The van der Waals surface area contributed by atoms with E-state index in [1.165, 1.54) is 18.2 Å². The molecule has 0 spiro atoms. The van der Waals surface area contributed by atoms with E-state index in [9.17, 15) is 14.9 Å². The number of amides is 1. The number of rotatable bonds is 2. The highest BCUT2D eigenvalue weighted by Crippen LogP contribution is 2.33. The van der Waals surface area contributed by atoms with Crippen LogP contribution < -0.4 is 10.1 Å². The van der Waals surface area contributed by atoms with Crippen molar-refractivity contribution in [1.82, 2.24) is 0 Å². The molecule has 1 heterocycles. The lowest BCUT2D eigenvalue weighted by molar-refractivity contribution is -0.384. The fourth-order valence-corrected chi connectivity index (χ4v) is 1.52. The summed E-state index contributed by atoms with van der Waals surface area (Å²) in [5, 5.41) is 13.1. The van der Waals surface area contributed by atoms with E-state index in [1.54, 1.807) is 0 Å². The number of fused-ring (bicyclic) bond motifs is 1. The van der Waals surface area contributed by atoms with Gasteiger partial charge in [-0.2, -0.15) is 0 Å². The molecule has 6 heteroatoms. The molecule has 1 atom stereocenters. The molecule has 0 saturated heterocycles. The van der Waals surface area contributed by atoms with Crippen LogP contribution in [0, 0.1) is 10.1 Å². The van der Waals surface area contributed by atoms with Crippen molar-refractivity contribution in [3.05, 3.63) is 28.3 Å². The number of nitro benzene ring substituents is 1. The molecule has 1 aromatic rings. The number of benzene rings is 1. The summed E-state index contributed by atoms with van der Waals surface area (Å²) in [5.41, 5.74) is 0.279. The van der Waals surface area contributed by atoms with E-state index in [0.29, 0.717) is 17.9 Å². The van der Waals surface area contributed by atoms with Gasteiger partial charge >= 0.3 is 0 Å². The van der Waals surface area contributed by atoms with Gasteiger partial charge in [-0.05, 0) is 12.5 Å². The lowest BCUT2D eigenvalue weighted by Crippen LogP contribution is -2.36. The molecule has 0 aromatic heterocycles. The third-order valence-corrected chi connectivity index (χ3v) is 2.36. The number of non-ortho nitro benzene ring substituents is 1. The van der Waals surface area contributed by atoms with Crippen molar-refractivity contribution in [1.29, 1.82) is 0 Å². The molecule has 1 aromatic carbocycles. The van der Waals surface area contributed by atoms with Gasteiger partial charge in [-0.1, -0.05) is 6.92 Å². The third kappa shape index (κ3) is 1.69. The first kappa shape index (κ1) is 10.4. The zero-order valence-electron chi connectivity index (χ0n) is 8.60. The Bertz CT molecular complexity index is 458. The molecule has 6 nitrogen and oxygen atoms in total. The van der Waals surface area contributed by atoms with Gasteiger partial charge in [0.2, 0.25) is 0 Å². The quantitative estimate of drug-likeness (QED) is 0.610.